The van der Waals surface area contributed by atoms with Gasteiger partial charge in [-0.15, -0.1) is 0 Å². The molecule has 2 rings (SSSR count). The molecule has 0 unspecified atom stereocenters. The van der Waals surface area contributed by atoms with Crippen molar-refractivity contribution in [1.29, 1.82) is 0 Å². The number of carbonyl (C=O) groups excluding carboxylic acids is 3. The van der Waals surface area contributed by atoms with Crippen molar-refractivity contribution < 1.29 is 24.0 Å². The summed E-state index contributed by atoms with van der Waals surface area (Å²) in [6.07, 6.45) is -0.287. The maximum Gasteiger partial charge on any atom is 0.329 e. The Morgan fingerprint density at radius 1 is 1.29 bits per heavy atom. The molecule has 1 aromatic rings. The van der Waals surface area contributed by atoms with E-state index in [1.807, 2.05) is 0 Å². The minimum atomic E-state index is -1.30. The standard InChI is InChI=1S/C13H12N2O6/c1-21-13(18)10(6-7-14(19)20)15-11(16)8-4-2-3-5-9(8)12(15)17/h2-5,10H,6-7H2,1H3/t10-/m0/s1. The molecule has 1 atom stereocenters. The van der Waals surface area contributed by atoms with E-state index in [0.717, 1.165) is 12.0 Å². The fourth-order valence-electron chi connectivity index (χ4n) is 2.21. The lowest BCUT2D eigenvalue weighted by Crippen LogP contribution is -2.46. The van der Waals surface area contributed by atoms with Gasteiger partial charge in [-0.05, 0) is 12.1 Å². The summed E-state index contributed by atoms with van der Waals surface area (Å²) in [5.41, 5.74) is 0.356. The number of ether oxygens (including phenoxy) is 1. The minimum Gasteiger partial charge on any atom is -0.467 e. The Kier molecular flexibility index (Phi) is 3.97. The molecule has 110 valence electrons. The van der Waals surface area contributed by atoms with Crippen LogP contribution in [0.1, 0.15) is 27.1 Å². The fraction of sp³-hybridized carbons (Fsp3) is 0.308. The predicted octanol–water partition coefficient (Wildman–Crippen LogP) is 0.491. The van der Waals surface area contributed by atoms with Crippen LogP contribution < -0.4 is 0 Å². The highest BCUT2D eigenvalue weighted by Gasteiger charge is 2.43. The SMILES string of the molecule is COC(=O)[C@H](CC[N+](=O)[O-])N1C(=O)c2ccccc2C1=O. The summed E-state index contributed by atoms with van der Waals surface area (Å²) in [6, 6.07) is 4.83. The number of hydrogen-bond donors (Lipinski definition) is 0. The van der Waals surface area contributed by atoms with Gasteiger partial charge < -0.3 is 4.74 Å². The second-order valence-corrected chi connectivity index (χ2v) is 4.41. The van der Waals surface area contributed by atoms with Gasteiger partial charge in [0.25, 0.3) is 11.8 Å². The molecule has 0 bridgehead atoms. The summed E-state index contributed by atoms with van der Waals surface area (Å²) in [6.45, 7) is -0.548. The van der Waals surface area contributed by atoms with Crippen molar-refractivity contribution in [2.75, 3.05) is 13.7 Å². The van der Waals surface area contributed by atoms with Crippen LogP contribution in [-0.2, 0) is 9.53 Å². The number of nitro groups is 1. The van der Waals surface area contributed by atoms with E-state index in [2.05, 4.69) is 4.74 Å². The van der Waals surface area contributed by atoms with Crippen LogP contribution in [0.3, 0.4) is 0 Å². The molecule has 0 radical (unpaired) electrons. The monoisotopic (exact) mass is 292 g/mol. The number of amides is 2. The molecule has 1 aliphatic heterocycles. The summed E-state index contributed by atoms with van der Waals surface area (Å²) < 4.78 is 4.54. The number of methoxy groups -OCH3 is 1. The highest BCUT2D eigenvalue weighted by atomic mass is 16.6. The molecule has 1 aliphatic rings. The van der Waals surface area contributed by atoms with E-state index in [1.165, 1.54) is 12.1 Å². The van der Waals surface area contributed by atoms with Gasteiger partial charge in [0.1, 0.15) is 6.04 Å². The van der Waals surface area contributed by atoms with Gasteiger partial charge in [0.15, 0.2) is 0 Å². The van der Waals surface area contributed by atoms with Crippen LogP contribution in [0.25, 0.3) is 0 Å². The van der Waals surface area contributed by atoms with E-state index >= 15 is 0 Å². The number of nitrogens with zero attached hydrogens (tertiary/aromatic N) is 2. The fourth-order valence-corrected chi connectivity index (χ4v) is 2.21. The van der Waals surface area contributed by atoms with E-state index in [0.29, 0.717) is 0 Å². The predicted molar refractivity (Wildman–Crippen MR) is 69.2 cm³/mol. The lowest BCUT2D eigenvalue weighted by molar-refractivity contribution is -0.481. The molecule has 1 aromatic carbocycles. The van der Waals surface area contributed by atoms with E-state index < -0.39 is 35.3 Å². The average Bonchev–Trinajstić information content (AvgIpc) is 2.72. The normalized spacial score (nSPS) is 14.8. The van der Waals surface area contributed by atoms with E-state index in [9.17, 15) is 24.5 Å². The van der Waals surface area contributed by atoms with Crippen LogP contribution in [0.5, 0.6) is 0 Å². The number of carbonyl (C=O) groups is 3. The maximum atomic E-state index is 12.2. The maximum absolute atomic E-state index is 12.2. The molecule has 0 saturated heterocycles. The number of benzene rings is 1. The lowest BCUT2D eigenvalue weighted by Gasteiger charge is -2.22. The van der Waals surface area contributed by atoms with Gasteiger partial charge in [-0.2, -0.15) is 0 Å². The topological polar surface area (TPSA) is 107 Å². The van der Waals surface area contributed by atoms with Crippen LogP contribution in [0.4, 0.5) is 0 Å². The van der Waals surface area contributed by atoms with Gasteiger partial charge in [0.2, 0.25) is 6.54 Å². The van der Waals surface area contributed by atoms with Crippen LogP contribution in [-0.4, -0.2) is 47.3 Å². The number of imide groups is 1. The second kappa shape index (κ2) is 5.70. The molecular formula is C13H12N2O6. The van der Waals surface area contributed by atoms with Crippen molar-refractivity contribution in [3.63, 3.8) is 0 Å². The smallest absolute Gasteiger partial charge is 0.329 e. The van der Waals surface area contributed by atoms with Gasteiger partial charge in [0, 0.05) is 11.3 Å². The Bertz CT molecular complexity index is 592. The molecule has 0 N–H and O–H groups in total. The van der Waals surface area contributed by atoms with E-state index in [-0.39, 0.29) is 17.5 Å². The third-order valence-electron chi connectivity index (χ3n) is 3.20. The molecule has 0 saturated carbocycles. The van der Waals surface area contributed by atoms with Crippen molar-refractivity contribution in [2.24, 2.45) is 0 Å². The zero-order valence-corrected chi connectivity index (χ0v) is 11.1. The Hall–Kier alpha value is -2.77. The van der Waals surface area contributed by atoms with Crippen LogP contribution in [0, 0.1) is 10.1 Å². The summed E-state index contributed by atoms with van der Waals surface area (Å²) in [5, 5.41) is 10.5. The minimum absolute atomic E-state index is 0.178. The molecule has 0 spiro atoms. The first-order valence-electron chi connectivity index (χ1n) is 6.14. The summed E-state index contributed by atoms with van der Waals surface area (Å²) >= 11 is 0. The quantitative estimate of drug-likeness (QED) is 0.338. The molecule has 8 nitrogen and oxygen atoms in total. The van der Waals surface area contributed by atoms with Crippen LogP contribution >= 0.6 is 0 Å². The first-order valence-corrected chi connectivity index (χ1v) is 6.14. The van der Waals surface area contributed by atoms with Gasteiger partial charge in [-0.25, -0.2) is 4.79 Å². The Morgan fingerprint density at radius 3 is 2.24 bits per heavy atom. The van der Waals surface area contributed by atoms with Gasteiger partial charge >= 0.3 is 5.97 Å². The van der Waals surface area contributed by atoms with E-state index in [4.69, 9.17) is 0 Å². The molecule has 1 heterocycles. The molecule has 0 aliphatic carbocycles. The third-order valence-corrected chi connectivity index (χ3v) is 3.20. The van der Waals surface area contributed by atoms with Crippen molar-refractivity contribution >= 4 is 17.8 Å². The highest BCUT2D eigenvalue weighted by Crippen LogP contribution is 2.25. The van der Waals surface area contributed by atoms with Crippen LogP contribution in [0.2, 0.25) is 0 Å². The lowest BCUT2D eigenvalue weighted by atomic mass is 10.1. The molecule has 0 aromatic heterocycles. The molecule has 2 amide bonds. The molecular weight excluding hydrogens is 280 g/mol. The van der Waals surface area contributed by atoms with Gasteiger partial charge in [-0.1, -0.05) is 12.1 Å². The molecule has 21 heavy (non-hydrogen) atoms. The van der Waals surface area contributed by atoms with Crippen LogP contribution in [0.15, 0.2) is 24.3 Å². The number of fused-ring (bicyclic) bond motifs is 1. The number of esters is 1. The number of hydrogen-bond acceptors (Lipinski definition) is 6. The third kappa shape index (κ3) is 2.60. The Balaban J connectivity index is 2.33. The molecule has 0 fully saturated rings. The van der Waals surface area contributed by atoms with Gasteiger partial charge in [-0.3, -0.25) is 24.6 Å². The van der Waals surface area contributed by atoms with Crippen molar-refractivity contribution in [2.45, 2.75) is 12.5 Å². The average molecular weight is 292 g/mol. The van der Waals surface area contributed by atoms with Crippen molar-refractivity contribution in [1.82, 2.24) is 4.90 Å². The summed E-state index contributed by atoms with van der Waals surface area (Å²) in [7, 11) is 1.10. The highest BCUT2D eigenvalue weighted by molar-refractivity contribution is 6.22. The first kappa shape index (κ1) is 14.6. The van der Waals surface area contributed by atoms with Crippen molar-refractivity contribution in [3.8, 4) is 0 Å². The Morgan fingerprint density at radius 2 is 1.81 bits per heavy atom. The molecule has 8 heteroatoms. The van der Waals surface area contributed by atoms with E-state index in [1.54, 1.807) is 12.1 Å². The zero-order valence-electron chi connectivity index (χ0n) is 11.1. The summed E-state index contributed by atoms with van der Waals surface area (Å²) in [4.78, 5) is 46.8. The largest absolute Gasteiger partial charge is 0.467 e. The second-order valence-electron chi connectivity index (χ2n) is 4.41. The summed E-state index contributed by atoms with van der Waals surface area (Å²) in [5.74, 6) is -2.14. The van der Waals surface area contributed by atoms with Crippen molar-refractivity contribution in [3.05, 3.63) is 45.5 Å². The zero-order chi connectivity index (χ0) is 15.6. The van der Waals surface area contributed by atoms with Gasteiger partial charge in [0.05, 0.1) is 18.2 Å². The first-order chi connectivity index (χ1) is 9.97. The number of rotatable bonds is 5. The Labute approximate surface area is 119 Å².